The largest absolute Gasteiger partial charge is 0.316 e. The monoisotopic (exact) mass is 324 g/mol. The van der Waals surface area contributed by atoms with E-state index in [0.29, 0.717) is 0 Å². The lowest BCUT2D eigenvalue weighted by Crippen LogP contribution is -2.34. The van der Waals surface area contributed by atoms with Gasteiger partial charge in [0.2, 0.25) is 0 Å². The Morgan fingerprint density at radius 3 is 2.84 bits per heavy atom. The van der Waals surface area contributed by atoms with E-state index in [0.717, 1.165) is 19.0 Å². The second-order valence-corrected chi connectivity index (χ2v) is 7.04. The molecule has 1 aliphatic rings. The van der Waals surface area contributed by atoms with Crippen molar-refractivity contribution in [3.8, 4) is 0 Å². The topological polar surface area (TPSA) is 24.1 Å². The molecule has 0 bridgehead atoms. The van der Waals surface area contributed by atoms with E-state index in [1.165, 1.54) is 36.0 Å². The van der Waals surface area contributed by atoms with Gasteiger partial charge in [-0.05, 0) is 50.0 Å². The number of halogens is 1. The highest BCUT2D eigenvalue weighted by atomic mass is 79.9. The van der Waals surface area contributed by atoms with Gasteiger partial charge < -0.3 is 10.6 Å². The number of benzene rings is 1. The van der Waals surface area contributed by atoms with Crippen LogP contribution < -0.4 is 10.6 Å². The van der Waals surface area contributed by atoms with Crippen molar-refractivity contribution in [2.75, 3.05) is 26.2 Å². The second-order valence-electron chi connectivity index (χ2n) is 6.19. The first-order valence-electron chi connectivity index (χ1n) is 7.26. The molecule has 2 nitrogen and oxygen atoms in total. The van der Waals surface area contributed by atoms with E-state index in [1.807, 2.05) is 0 Å². The fourth-order valence-electron chi connectivity index (χ4n) is 2.77. The predicted molar refractivity (Wildman–Crippen MR) is 85.6 cm³/mol. The standard InChI is InChI=1S/C16H25BrN2/c1-16(2,14-5-3-4-6-15(14)17)12-19-10-8-13-7-9-18-11-13/h3-6,13,18-19H,7-12H2,1-2H3. The predicted octanol–water partition coefficient (Wildman–Crippen LogP) is 3.32. The van der Waals surface area contributed by atoms with Crippen LogP contribution in [0.5, 0.6) is 0 Å². The molecule has 0 saturated carbocycles. The summed E-state index contributed by atoms with van der Waals surface area (Å²) in [5, 5.41) is 7.06. The van der Waals surface area contributed by atoms with E-state index in [1.54, 1.807) is 0 Å². The molecular formula is C16H25BrN2. The number of hydrogen-bond acceptors (Lipinski definition) is 2. The molecule has 0 spiro atoms. The van der Waals surface area contributed by atoms with Crippen LogP contribution in [-0.2, 0) is 5.41 Å². The Bertz CT molecular complexity index is 397. The number of hydrogen-bond donors (Lipinski definition) is 2. The minimum absolute atomic E-state index is 0.161. The lowest BCUT2D eigenvalue weighted by atomic mass is 9.84. The molecule has 0 radical (unpaired) electrons. The number of rotatable bonds is 6. The summed E-state index contributed by atoms with van der Waals surface area (Å²) < 4.78 is 1.21. The van der Waals surface area contributed by atoms with Gasteiger partial charge in [-0.2, -0.15) is 0 Å². The Morgan fingerprint density at radius 1 is 1.37 bits per heavy atom. The summed E-state index contributed by atoms with van der Waals surface area (Å²) in [5.74, 6) is 0.874. The van der Waals surface area contributed by atoms with Crippen LogP contribution in [-0.4, -0.2) is 26.2 Å². The Kier molecular flexibility index (Phi) is 5.43. The Labute approximate surface area is 125 Å². The maximum Gasteiger partial charge on any atom is 0.0213 e. The van der Waals surface area contributed by atoms with Crippen molar-refractivity contribution in [2.24, 2.45) is 5.92 Å². The lowest BCUT2D eigenvalue weighted by Gasteiger charge is -2.27. The Morgan fingerprint density at radius 2 is 2.16 bits per heavy atom. The van der Waals surface area contributed by atoms with Crippen molar-refractivity contribution in [3.63, 3.8) is 0 Å². The third kappa shape index (κ3) is 4.30. The molecule has 1 aromatic carbocycles. The van der Waals surface area contributed by atoms with Gasteiger partial charge in [0, 0.05) is 16.4 Å². The van der Waals surface area contributed by atoms with E-state index in [-0.39, 0.29) is 5.41 Å². The van der Waals surface area contributed by atoms with Crippen LogP contribution in [0.15, 0.2) is 28.7 Å². The van der Waals surface area contributed by atoms with Crippen molar-refractivity contribution in [3.05, 3.63) is 34.3 Å². The van der Waals surface area contributed by atoms with E-state index in [2.05, 4.69) is 64.7 Å². The molecule has 1 aromatic rings. The zero-order chi connectivity index (χ0) is 13.7. The zero-order valence-electron chi connectivity index (χ0n) is 12.0. The summed E-state index contributed by atoms with van der Waals surface area (Å²) in [6.07, 6.45) is 2.63. The molecule has 3 heteroatoms. The highest BCUT2D eigenvalue weighted by Gasteiger charge is 2.22. The molecule has 0 aromatic heterocycles. The summed E-state index contributed by atoms with van der Waals surface area (Å²) >= 11 is 3.66. The summed E-state index contributed by atoms with van der Waals surface area (Å²) in [6, 6.07) is 8.53. The van der Waals surface area contributed by atoms with E-state index in [9.17, 15) is 0 Å². The summed E-state index contributed by atoms with van der Waals surface area (Å²) in [7, 11) is 0. The van der Waals surface area contributed by atoms with Crippen LogP contribution in [0, 0.1) is 5.92 Å². The minimum Gasteiger partial charge on any atom is -0.316 e. The summed E-state index contributed by atoms with van der Waals surface area (Å²) in [5.41, 5.74) is 1.54. The molecular weight excluding hydrogens is 300 g/mol. The van der Waals surface area contributed by atoms with Crippen molar-refractivity contribution < 1.29 is 0 Å². The first-order valence-corrected chi connectivity index (χ1v) is 8.05. The highest BCUT2D eigenvalue weighted by molar-refractivity contribution is 9.10. The molecule has 1 fully saturated rings. The maximum absolute atomic E-state index is 3.66. The van der Waals surface area contributed by atoms with Crippen LogP contribution in [0.25, 0.3) is 0 Å². The fraction of sp³-hybridized carbons (Fsp3) is 0.625. The van der Waals surface area contributed by atoms with Crippen molar-refractivity contribution in [1.82, 2.24) is 10.6 Å². The van der Waals surface area contributed by atoms with Gasteiger partial charge in [0.05, 0.1) is 0 Å². The summed E-state index contributed by atoms with van der Waals surface area (Å²) in [6.45, 7) is 9.16. The molecule has 1 aliphatic heterocycles. The second kappa shape index (κ2) is 6.87. The quantitative estimate of drug-likeness (QED) is 0.784. The molecule has 1 saturated heterocycles. The average Bonchev–Trinajstić information content (AvgIpc) is 2.88. The lowest BCUT2D eigenvalue weighted by molar-refractivity contribution is 0.436. The van der Waals surface area contributed by atoms with Crippen LogP contribution in [0.4, 0.5) is 0 Å². The third-order valence-corrected chi connectivity index (χ3v) is 4.75. The first-order chi connectivity index (χ1) is 9.09. The van der Waals surface area contributed by atoms with Crippen LogP contribution in [0.2, 0.25) is 0 Å². The molecule has 106 valence electrons. The molecule has 1 heterocycles. The van der Waals surface area contributed by atoms with Gasteiger partial charge in [0.25, 0.3) is 0 Å². The Balaban J connectivity index is 1.79. The van der Waals surface area contributed by atoms with Crippen LogP contribution in [0.1, 0.15) is 32.3 Å². The van der Waals surface area contributed by atoms with Crippen LogP contribution >= 0.6 is 15.9 Å². The van der Waals surface area contributed by atoms with E-state index >= 15 is 0 Å². The van der Waals surface area contributed by atoms with Crippen LogP contribution in [0.3, 0.4) is 0 Å². The molecule has 0 aliphatic carbocycles. The maximum atomic E-state index is 3.66. The zero-order valence-corrected chi connectivity index (χ0v) is 13.6. The van der Waals surface area contributed by atoms with Gasteiger partial charge in [-0.3, -0.25) is 0 Å². The van der Waals surface area contributed by atoms with Gasteiger partial charge in [-0.1, -0.05) is 48.0 Å². The molecule has 0 amide bonds. The van der Waals surface area contributed by atoms with E-state index < -0.39 is 0 Å². The fourth-order valence-corrected chi connectivity index (χ4v) is 3.59. The summed E-state index contributed by atoms with van der Waals surface area (Å²) in [4.78, 5) is 0. The van der Waals surface area contributed by atoms with Gasteiger partial charge in [0.1, 0.15) is 0 Å². The van der Waals surface area contributed by atoms with Crippen molar-refractivity contribution >= 4 is 15.9 Å². The Hall–Kier alpha value is -0.380. The third-order valence-electron chi connectivity index (χ3n) is 4.06. The molecule has 2 N–H and O–H groups in total. The van der Waals surface area contributed by atoms with Gasteiger partial charge in [0.15, 0.2) is 0 Å². The highest BCUT2D eigenvalue weighted by Crippen LogP contribution is 2.29. The number of nitrogens with one attached hydrogen (secondary N) is 2. The minimum atomic E-state index is 0.161. The smallest absolute Gasteiger partial charge is 0.0213 e. The normalized spacial score (nSPS) is 19.8. The molecule has 2 rings (SSSR count). The molecule has 1 unspecified atom stereocenters. The van der Waals surface area contributed by atoms with Crippen molar-refractivity contribution in [1.29, 1.82) is 0 Å². The van der Waals surface area contributed by atoms with Crippen molar-refractivity contribution in [2.45, 2.75) is 32.1 Å². The van der Waals surface area contributed by atoms with E-state index in [4.69, 9.17) is 0 Å². The SMILES string of the molecule is CC(C)(CNCCC1CCNC1)c1ccccc1Br. The molecule has 19 heavy (non-hydrogen) atoms. The van der Waals surface area contributed by atoms with Gasteiger partial charge in [-0.25, -0.2) is 0 Å². The molecule has 1 atom stereocenters. The average molecular weight is 325 g/mol. The van der Waals surface area contributed by atoms with Gasteiger partial charge in [-0.15, -0.1) is 0 Å². The first kappa shape index (κ1) is 15.0. The van der Waals surface area contributed by atoms with Gasteiger partial charge >= 0.3 is 0 Å².